The van der Waals surface area contributed by atoms with Crippen LogP contribution in [-0.2, 0) is 14.8 Å². The second-order valence-electron chi connectivity index (χ2n) is 8.20. The van der Waals surface area contributed by atoms with Gasteiger partial charge >= 0.3 is 0 Å². The fraction of sp³-hybridized carbons (Fsp3) is 0.435. The number of benzene rings is 2. The van der Waals surface area contributed by atoms with Gasteiger partial charge in [-0.05, 0) is 62.9 Å². The molecular weight excluding hydrogens is 436 g/mol. The zero-order valence-corrected chi connectivity index (χ0v) is 19.3. The Morgan fingerprint density at radius 3 is 2.19 bits per heavy atom. The van der Waals surface area contributed by atoms with Gasteiger partial charge in [-0.1, -0.05) is 12.1 Å². The van der Waals surface area contributed by atoms with Crippen LogP contribution in [0.3, 0.4) is 0 Å². The lowest BCUT2D eigenvalue weighted by molar-refractivity contribution is -0.122. The molecule has 174 valence electrons. The fourth-order valence-corrected chi connectivity index (χ4v) is 5.14. The van der Waals surface area contributed by atoms with E-state index in [1.165, 1.54) is 26.2 Å². The molecule has 0 spiro atoms. The lowest BCUT2D eigenvalue weighted by atomic mass is 10.1. The van der Waals surface area contributed by atoms with Gasteiger partial charge in [-0.15, -0.1) is 0 Å². The number of nitrogens with one attached hydrogen (secondary N) is 1. The number of piperidine rings is 1. The molecule has 1 aliphatic heterocycles. The number of nitrogens with zero attached hydrogens (tertiary/aromatic N) is 2. The highest BCUT2D eigenvalue weighted by atomic mass is 32.2. The van der Waals surface area contributed by atoms with Crippen molar-refractivity contribution in [1.82, 2.24) is 5.32 Å². The van der Waals surface area contributed by atoms with E-state index in [4.69, 9.17) is 0 Å². The molecule has 0 bridgehead atoms. The van der Waals surface area contributed by atoms with E-state index in [1.54, 1.807) is 0 Å². The summed E-state index contributed by atoms with van der Waals surface area (Å²) in [5.74, 6) is -2.83. The highest BCUT2D eigenvalue weighted by Crippen LogP contribution is 2.25. The lowest BCUT2D eigenvalue weighted by Crippen LogP contribution is -2.48. The molecular formula is C23H29F2N3O3S. The first-order valence-corrected chi connectivity index (χ1v) is 12.5. The summed E-state index contributed by atoms with van der Waals surface area (Å²) in [5.41, 5.74) is 1.90. The number of hydrogen-bond donors (Lipinski definition) is 1. The van der Waals surface area contributed by atoms with E-state index in [-0.39, 0.29) is 11.7 Å². The number of carbonyl (C=O) groups excluding carboxylic acids is 1. The molecule has 2 aromatic carbocycles. The van der Waals surface area contributed by atoms with E-state index < -0.39 is 33.6 Å². The standard InChI is InChI=1S/C23H29F2N3O3S/c1-16(18-7-9-19(10-8-18)27-13-5-4-6-14-27)26-23(29)17(2)28(32(3,30)31)20-11-12-21(24)22(25)15-20/h7-12,15-17H,4-6,13-14H2,1-3H3,(H,26,29). The smallest absolute Gasteiger partial charge is 0.244 e. The van der Waals surface area contributed by atoms with E-state index in [0.717, 1.165) is 53.1 Å². The Morgan fingerprint density at radius 1 is 1.00 bits per heavy atom. The molecule has 0 saturated carbocycles. The van der Waals surface area contributed by atoms with Crippen molar-refractivity contribution < 1.29 is 22.0 Å². The third-order valence-corrected chi connectivity index (χ3v) is 6.96. The molecule has 0 aromatic heterocycles. The third kappa shape index (κ3) is 5.56. The van der Waals surface area contributed by atoms with Gasteiger partial charge in [-0.25, -0.2) is 17.2 Å². The molecule has 2 atom stereocenters. The summed E-state index contributed by atoms with van der Waals surface area (Å²) in [4.78, 5) is 15.2. The summed E-state index contributed by atoms with van der Waals surface area (Å²) in [7, 11) is -3.93. The van der Waals surface area contributed by atoms with Crippen molar-refractivity contribution in [3.8, 4) is 0 Å². The predicted molar refractivity (Wildman–Crippen MR) is 122 cm³/mol. The van der Waals surface area contributed by atoms with Gasteiger partial charge < -0.3 is 10.2 Å². The molecule has 9 heteroatoms. The van der Waals surface area contributed by atoms with Crippen molar-refractivity contribution in [2.45, 2.75) is 45.2 Å². The van der Waals surface area contributed by atoms with Crippen molar-refractivity contribution in [3.63, 3.8) is 0 Å². The fourth-order valence-electron chi connectivity index (χ4n) is 3.97. The second-order valence-corrected chi connectivity index (χ2v) is 10.1. The topological polar surface area (TPSA) is 69.7 Å². The number of rotatable bonds is 7. The number of carbonyl (C=O) groups is 1. The molecule has 1 fully saturated rings. The molecule has 0 aliphatic carbocycles. The summed E-state index contributed by atoms with van der Waals surface area (Å²) in [6.45, 7) is 5.29. The van der Waals surface area contributed by atoms with Gasteiger partial charge in [0.15, 0.2) is 11.6 Å². The van der Waals surface area contributed by atoms with Gasteiger partial charge in [0.1, 0.15) is 6.04 Å². The summed E-state index contributed by atoms with van der Waals surface area (Å²) >= 11 is 0. The van der Waals surface area contributed by atoms with Crippen LogP contribution in [-0.4, -0.2) is 39.7 Å². The Morgan fingerprint density at radius 2 is 1.62 bits per heavy atom. The Hall–Kier alpha value is -2.68. The maximum Gasteiger partial charge on any atom is 0.244 e. The van der Waals surface area contributed by atoms with Crippen LogP contribution >= 0.6 is 0 Å². The van der Waals surface area contributed by atoms with Gasteiger partial charge in [0.25, 0.3) is 0 Å². The Balaban J connectivity index is 1.73. The van der Waals surface area contributed by atoms with Gasteiger partial charge in [0, 0.05) is 24.8 Å². The normalized spacial score (nSPS) is 16.3. The first-order chi connectivity index (χ1) is 15.1. The van der Waals surface area contributed by atoms with E-state index in [9.17, 15) is 22.0 Å². The Bertz CT molecular complexity index is 1050. The molecule has 3 rings (SSSR count). The summed E-state index contributed by atoms with van der Waals surface area (Å²) in [6.07, 6.45) is 4.54. The van der Waals surface area contributed by atoms with Gasteiger partial charge in [0.2, 0.25) is 15.9 Å². The predicted octanol–water partition coefficient (Wildman–Crippen LogP) is 3.99. The zero-order chi connectivity index (χ0) is 23.5. The highest BCUT2D eigenvalue weighted by molar-refractivity contribution is 7.92. The minimum absolute atomic E-state index is 0.118. The summed E-state index contributed by atoms with van der Waals surface area (Å²) in [6, 6.07) is 9.14. The number of amides is 1. The molecule has 2 unspecified atom stereocenters. The van der Waals surface area contributed by atoms with Crippen molar-refractivity contribution in [3.05, 3.63) is 59.7 Å². The molecule has 0 radical (unpaired) electrons. The molecule has 2 aromatic rings. The third-order valence-electron chi connectivity index (χ3n) is 5.72. The van der Waals surface area contributed by atoms with Gasteiger partial charge in [-0.2, -0.15) is 0 Å². The Labute approximate surface area is 188 Å². The average Bonchev–Trinajstić information content (AvgIpc) is 2.76. The van der Waals surface area contributed by atoms with Gasteiger partial charge in [-0.3, -0.25) is 9.10 Å². The number of sulfonamides is 1. The van der Waals surface area contributed by atoms with E-state index >= 15 is 0 Å². The molecule has 6 nitrogen and oxygen atoms in total. The van der Waals surface area contributed by atoms with Crippen LogP contribution in [0.25, 0.3) is 0 Å². The SMILES string of the molecule is CC(NC(=O)C(C)N(c1ccc(F)c(F)c1)S(C)(=O)=O)c1ccc(N2CCCCC2)cc1. The van der Waals surface area contributed by atoms with Gasteiger partial charge in [0.05, 0.1) is 18.0 Å². The largest absolute Gasteiger partial charge is 0.372 e. The van der Waals surface area contributed by atoms with Crippen LogP contribution in [0.5, 0.6) is 0 Å². The molecule has 1 aliphatic rings. The minimum atomic E-state index is -3.93. The monoisotopic (exact) mass is 465 g/mol. The zero-order valence-electron chi connectivity index (χ0n) is 18.5. The van der Waals surface area contributed by atoms with Crippen LogP contribution in [0.4, 0.5) is 20.2 Å². The van der Waals surface area contributed by atoms with E-state index in [0.29, 0.717) is 0 Å². The Kier molecular flexibility index (Phi) is 7.38. The highest BCUT2D eigenvalue weighted by Gasteiger charge is 2.30. The first kappa shape index (κ1) is 24.0. The van der Waals surface area contributed by atoms with E-state index in [1.807, 2.05) is 31.2 Å². The molecule has 1 N–H and O–H groups in total. The van der Waals surface area contributed by atoms with Crippen LogP contribution in [0.15, 0.2) is 42.5 Å². The van der Waals surface area contributed by atoms with Crippen molar-refractivity contribution in [1.29, 1.82) is 0 Å². The molecule has 1 amide bonds. The maximum atomic E-state index is 13.7. The van der Waals surface area contributed by atoms with Crippen molar-refractivity contribution in [2.24, 2.45) is 0 Å². The lowest BCUT2D eigenvalue weighted by Gasteiger charge is -2.30. The van der Waals surface area contributed by atoms with Crippen LogP contribution < -0.4 is 14.5 Å². The molecule has 1 heterocycles. The molecule has 32 heavy (non-hydrogen) atoms. The van der Waals surface area contributed by atoms with Crippen molar-refractivity contribution in [2.75, 3.05) is 28.6 Å². The number of hydrogen-bond acceptors (Lipinski definition) is 4. The van der Waals surface area contributed by atoms with Crippen LogP contribution in [0, 0.1) is 11.6 Å². The summed E-state index contributed by atoms with van der Waals surface area (Å²) < 4.78 is 52.5. The number of halogens is 2. The number of anilines is 2. The molecule has 1 saturated heterocycles. The quantitative estimate of drug-likeness (QED) is 0.672. The van der Waals surface area contributed by atoms with Crippen LogP contribution in [0.2, 0.25) is 0 Å². The minimum Gasteiger partial charge on any atom is -0.372 e. The van der Waals surface area contributed by atoms with E-state index in [2.05, 4.69) is 10.2 Å². The average molecular weight is 466 g/mol. The van der Waals surface area contributed by atoms with Crippen molar-refractivity contribution >= 4 is 27.3 Å². The summed E-state index contributed by atoms with van der Waals surface area (Å²) in [5, 5.41) is 2.82. The second kappa shape index (κ2) is 9.85. The first-order valence-electron chi connectivity index (χ1n) is 10.7. The van der Waals surface area contributed by atoms with Crippen LogP contribution in [0.1, 0.15) is 44.7 Å². The maximum absolute atomic E-state index is 13.7.